The third-order valence-electron chi connectivity index (χ3n) is 3.65. The van der Waals surface area contributed by atoms with Crippen LogP contribution in [0.15, 0.2) is 24.5 Å². The minimum Gasteiger partial charge on any atom is -0.348 e. The lowest BCUT2D eigenvalue weighted by atomic mass is 9.89. The van der Waals surface area contributed by atoms with Crippen LogP contribution >= 0.6 is 12.4 Å². The molecule has 0 radical (unpaired) electrons. The van der Waals surface area contributed by atoms with E-state index in [1.165, 1.54) is 0 Å². The first kappa shape index (κ1) is 15.9. The van der Waals surface area contributed by atoms with Gasteiger partial charge in [-0.15, -0.1) is 12.4 Å². The van der Waals surface area contributed by atoms with Crippen molar-refractivity contribution in [3.05, 3.63) is 30.1 Å². The maximum Gasteiger partial charge on any atom is 0.240 e. The molecule has 0 aromatic carbocycles. The quantitative estimate of drug-likeness (QED) is 0.894. The molecule has 106 valence electrons. The normalized spacial score (nSPS) is 24.1. The molecule has 1 aliphatic rings. The average molecular weight is 284 g/mol. The van der Waals surface area contributed by atoms with Gasteiger partial charge in [0.1, 0.15) is 0 Å². The highest BCUT2D eigenvalue weighted by atomic mass is 35.5. The summed E-state index contributed by atoms with van der Waals surface area (Å²) in [5.41, 5.74) is 0.611. The van der Waals surface area contributed by atoms with Crippen LogP contribution in [0.25, 0.3) is 0 Å². The van der Waals surface area contributed by atoms with Gasteiger partial charge in [0.15, 0.2) is 0 Å². The number of hydrogen-bond acceptors (Lipinski definition) is 3. The van der Waals surface area contributed by atoms with Gasteiger partial charge in [-0.2, -0.15) is 0 Å². The summed E-state index contributed by atoms with van der Waals surface area (Å²) in [5, 5.41) is 6.39. The summed E-state index contributed by atoms with van der Waals surface area (Å²) in [6.07, 6.45) is 6.70. The Bertz CT molecular complexity index is 404. The molecule has 1 saturated heterocycles. The van der Waals surface area contributed by atoms with Gasteiger partial charge in [0.05, 0.1) is 11.6 Å². The molecule has 2 unspecified atom stereocenters. The second kappa shape index (κ2) is 6.87. The van der Waals surface area contributed by atoms with Crippen LogP contribution in [-0.4, -0.2) is 23.0 Å². The molecule has 0 spiro atoms. The van der Waals surface area contributed by atoms with Gasteiger partial charge in [-0.25, -0.2) is 0 Å². The number of carbonyl (C=O) groups excluding carboxylic acids is 1. The molecular formula is C14H22ClN3O. The lowest BCUT2D eigenvalue weighted by Crippen LogP contribution is -2.57. The Morgan fingerprint density at radius 3 is 2.89 bits per heavy atom. The van der Waals surface area contributed by atoms with E-state index >= 15 is 0 Å². The molecule has 2 heterocycles. The van der Waals surface area contributed by atoms with Crippen molar-refractivity contribution in [2.75, 3.05) is 6.54 Å². The van der Waals surface area contributed by atoms with Crippen LogP contribution in [0.3, 0.4) is 0 Å². The largest absolute Gasteiger partial charge is 0.348 e. The zero-order valence-electron chi connectivity index (χ0n) is 11.5. The molecule has 0 aliphatic carbocycles. The SMILES string of the molecule is CC(NC(=O)C1(C)CCCCN1)c1cccnc1.Cl. The van der Waals surface area contributed by atoms with E-state index < -0.39 is 5.54 Å². The molecule has 5 heteroatoms. The maximum atomic E-state index is 12.3. The van der Waals surface area contributed by atoms with Gasteiger partial charge in [-0.1, -0.05) is 6.07 Å². The summed E-state index contributed by atoms with van der Waals surface area (Å²) in [6.45, 7) is 4.89. The molecule has 19 heavy (non-hydrogen) atoms. The van der Waals surface area contributed by atoms with Crippen LogP contribution in [0, 0.1) is 0 Å². The monoisotopic (exact) mass is 283 g/mol. The molecule has 1 amide bonds. The molecule has 4 nitrogen and oxygen atoms in total. The van der Waals surface area contributed by atoms with Crippen molar-refractivity contribution in [2.24, 2.45) is 0 Å². The van der Waals surface area contributed by atoms with Crippen LogP contribution in [0.1, 0.15) is 44.7 Å². The topological polar surface area (TPSA) is 54.0 Å². The molecule has 2 N–H and O–H groups in total. The minimum absolute atomic E-state index is 0. The molecule has 1 fully saturated rings. The average Bonchev–Trinajstić information content (AvgIpc) is 2.40. The van der Waals surface area contributed by atoms with Crippen LogP contribution in [-0.2, 0) is 4.79 Å². The molecular weight excluding hydrogens is 262 g/mol. The third-order valence-corrected chi connectivity index (χ3v) is 3.65. The molecule has 1 aliphatic heterocycles. The summed E-state index contributed by atoms with van der Waals surface area (Å²) in [5.74, 6) is 0.0820. The molecule has 1 aromatic heterocycles. The van der Waals surface area contributed by atoms with E-state index in [0.29, 0.717) is 0 Å². The lowest BCUT2D eigenvalue weighted by molar-refractivity contribution is -0.128. The second-order valence-electron chi connectivity index (χ2n) is 5.20. The molecule has 0 bridgehead atoms. The Morgan fingerprint density at radius 2 is 2.32 bits per heavy atom. The van der Waals surface area contributed by atoms with Crippen molar-refractivity contribution < 1.29 is 4.79 Å². The van der Waals surface area contributed by atoms with Gasteiger partial charge in [0.25, 0.3) is 0 Å². The van der Waals surface area contributed by atoms with Gasteiger partial charge in [-0.05, 0) is 51.3 Å². The number of hydrogen-bond donors (Lipinski definition) is 2. The van der Waals surface area contributed by atoms with Gasteiger partial charge in [0.2, 0.25) is 5.91 Å². The first-order chi connectivity index (χ1) is 8.62. The summed E-state index contributed by atoms with van der Waals surface area (Å²) >= 11 is 0. The highest BCUT2D eigenvalue weighted by Gasteiger charge is 2.34. The van der Waals surface area contributed by atoms with Gasteiger partial charge in [0, 0.05) is 12.4 Å². The number of nitrogens with one attached hydrogen (secondary N) is 2. The predicted molar refractivity (Wildman–Crippen MR) is 78.3 cm³/mol. The summed E-state index contributed by atoms with van der Waals surface area (Å²) in [6, 6.07) is 3.86. The Labute approximate surface area is 120 Å². The van der Waals surface area contributed by atoms with Gasteiger partial charge < -0.3 is 10.6 Å². The highest BCUT2D eigenvalue weighted by Crippen LogP contribution is 2.20. The fourth-order valence-corrected chi connectivity index (χ4v) is 2.32. The lowest BCUT2D eigenvalue weighted by Gasteiger charge is -2.34. The Kier molecular flexibility index (Phi) is 5.76. The molecule has 2 atom stereocenters. The number of rotatable bonds is 3. The first-order valence-corrected chi connectivity index (χ1v) is 6.58. The smallest absolute Gasteiger partial charge is 0.240 e. The highest BCUT2D eigenvalue weighted by molar-refractivity contribution is 5.86. The van der Waals surface area contributed by atoms with Crippen molar-refractivity contribution in [3.63, 3.8) is 0 Å². The van der Waals surface area contributed by atoms with E-state index in [-0.39, 0.29) is 24.4 Å². The van der Waals surface area contributed by atoms with Crippen molar-refractivity contribution >= 4 is 18.3 Å². The Hall–Kier alpha value is -1.13. The summed E-state index contributed by atoms with van der Waals surface area (Å²) in [4.78, 5) is 16.4. The standard InChI is InChI=1S/C14H21N3O.ClH/c1-11(12-6-5-8-15-10-12)17-13(18)14(2)7-3-4-9-16-14;/h5-6,8,10-11,16H,3-4,7,9H2,1-2H3,(H,17,18);1H. The number of carbonyl (C=O) groups is 1. The zero-order valence-corrected chi connectivity index (χ0v) is 12.3. The second-order valence-corrected chi connectivity index (χ2v) is 5.20. The number of aromatic nitrogens is 1. The fraction of sp³-hybridized carbons (Fsp3) is 0.571. The Balaban J connectivity index is 0.00000180. The number of piperidine rings is 1. The molecule has 2 rings (SSSR count). The zero-order chi connectivity index (χ0) is 13.0. The summed E-state index contributed by atoms with van der Waals surface area (Å²) < 4.78 is 0. The van der Waals surface area contributed by atoms with E-state index in [9.17, 15) is 4.79 Å². The van der Waals surface area contributed by atoms with Gasteiger partial charge >= 0.3 is 0 Å². The number of nitrogens with zero attached hydrogens (tertiary/aromatic N) is 1. The van der Waals surface area contributed by atoms with Crippen molar-refractivity contribution in [3.8, 4) is 0 Å². The van der Waals surface area contributed by atoms with Crippen LogP contribution in [0.4, 0.5) is 0 Å². The van der Waals surface area contributed by atoms with E-state index in [0.717, 1.165) is 31.4 Å². The maximum absolute atomic E-state index is 12.3. The van der Waals surface area contributed by atoms with Crippen LogP contribution in [0.5, 0.6) is 0 Å². The molecule has 0 saturated carbocycles. The van der Waals surface area contributed by atoms with Crippen LogP contribution in [0.2, 0.25) is 0 Å². The minimum atomic E-state index is -0.422. The van der Waals surface area contributed by atoms with E-state index in [1.54, 1.807) is 12.4 Å². The summed E-state index contributed by atoms with van der Waals surface area (Å²) in [7, 11) is 0. The number of halogens is 1. The van der Waals surface area contributed by atoms with E-state index in [2.05, 4.69) is 15.6 Å². The van der Waals surface area contributed by atoms with E-state index in [1.807, 2.05) is 26.0 Å². The van der Waals surface area contributed by atoms with Crippen molar-refractivity contribution in [2.45, 2.75) is 44.7 Å². The number of pyridine rings is 1. The van der Waals surface area contributed by atoms with Crippen LogP contribution < -0.4 is 10.6 Å². The number of amides is 1. The molecule has 1 aromatic rings. The first-order valence-electron chi connectivity index (χ1n) is 6.58. The Morgan fingerprint density at radius 1 is 1.53 bits per heavy atom. The van der Waals surface area contributed by atoms with Crippen molar-refractivity contribution in [1.82, 2.24) is 15.6 Å². The van der Waals surface area contributed by atoms with Gasteiger partial charge in [-0.3, -0.25) is 9.78 Å². The third kappa shape index (κ3) is 3.91. The predicted octanol–water partition coefficient (Wildman–Crippen LogP) is 2.21. The van der Waals surface area contributed by atoms with E-state index in [4.69, 9.17) is 0 Å². The fourth-order valence-electron chi connectivity index (χ4n) is 2.32. The van der Waals surface area contributed by atoms with Crippen molar-refractivity contribution in [1.29, 1.82) is 0 Å².